The van der Waals surface area contributed by atoms with Gasteiger partial charge in [-0.2, -0.15) is 0 Å². The summed E-state index contributed by atoms with van der Waals surface area (Å²) in [4.78, 5) is 2.88. The molecule has 1 saturated heterocycles. The van der Waals surface area contributed by atoms with E-state index in [1.165, 1.54) is 5.69 Å². The SMILES string of the molecule is CC1CN(c2ccccc2C(N)=S)CC1C. The summed E-state index contributed by atoms with van der Waals surface area (Å²) in [5.41, 5.74) is 7.94. The van der Waals surface area contributed by atoms with Crippen molar-refractivity contribution in [1.82, 2.24) is 0 Å². The van der Waals surface area contributed by atoms with Crippen LogP contribution >= 0.6 is 12.2 Å². The quantitative estimate of drug-likeness (QED) is 0.797. The highest BCUT2D eigenvalue weighted by Gasteiger charge is 2.27. The lowest BCUT2D eigenvalue weighted by Crippen LogP contribution is -2.23. The van der Waals surface area contributed by atoms with Crippen LogP contribution in [0.2, 0.25) is 0 Å². The number of hydrogen-bond acceptors (Lipinski definition) is 2. The molecule has 2 atom stereocenters. The van der Waals surface area contributed by atoms with Crippen LogP contribution in [0.1, 0.15) is 19.4 Å². The Morgan fingerprint density at radius 3 is 2.38 bits per heavy atom. The van der Waals surface area contributed by atoms with Gasteiger partial charge in [0.05, 0.1) is 0 Å². The first-order chi connectivity index (χ1) is 7.59. The van der Waals surface area contributed by atoms with Crippen LogP contribution in [-0.2, 0) is 0 Å². The topological polar surface area (TPSA) is 29.3 Å². The maximum absolute atomic E-state index is 5.76. The Morgan fingerprint density at radius 1 is 1.25 bits per heavy atom. The van der Waals surface area contributed by atoms with Crippen LogP contribution in [0.25, 0.3) is 0 Å². The highest BCUT2D eigenvalue weighted by Crippen LogP contribution is 2.29. The van der Waals surface area contributed by atoms with Crippen LogP contribution in [0.4, 0.5) is 5.69 Å². The second-order valence-corrected chi connectivity index (χ2v) is 5.18. The number of benzene rings is 1. The van der Waals surface area contributed by atoms with Crippen molar-refractivity contribution in [2.24, 2.45) is 17.6 Å². The minimum atomic E-state index is 0.489. The Hall–Kier alpha value is -1.09. The lowest BCUT2D eigenvalue weighted by atomic mass is 10.0. The molecule has 0 aromatic heterocycles. The number of thiocarbonyl (C=S) groups is 1. The maximum atomic E-state index is 5.76. The van der Waals surface area contributed by atoms with E-state index in [-0.39, 0.29) is 0 Å². The molecule has 1 aliphatic rings. The molecule has 0 amide bonds. The van der Waals surface area contributed by atoms with E-state index >= 15 is 0 Å². The molecule has 0 radical (unpaired) electrons. The molecule has 0 aliphatic carbocycles. The number of nitrogens with zero attached hydrogens (tertiary/aromatic N) is 1. The molecule has 3 heteroatoms. The minimum Gasteiger partial charge on any atom is -0.389 e. The van der Waals surface area contributed by atoms with E-state index in [1.54, 1.807) is 0 Å². The van der Waals surface area contributed by atoms with Gasteiger partial charge in [-0.1, -0.05) is 38.2 Å². The van der Waals surface area contributed by atoms with E-state index < -0.39 is 0 Å². The summed E-state index contributed by atoms with van der Waals surface area (Å²) in [6.45, 7) is 6.80. The van der Waals surface area contributed by atoms with Crippen molar-refractivity contribution in [2.45, 2.75) is 13.8 Å². The molecule has 1 fully saturated rings. The van der Waals surface area contributed by atoms with E-state index in [4.69, 9.17) is 18.0 Å². The summed E-state index contributed by atoms with van der Waals surface area (Å²) >= 11 is 5.10. The van der Waals surface area contributed by atoms with Crippen LogP contribution in [-0.4, -0.2) is 18.1 Å². The van der Waals surface area contributed by atoms with Crippen LogP contribution in [0, 0.1) is 11.8 Å². The maximum Gasteiger partial charge on any atom is 0.106 e. The van der Waals surface area contributed by atoms with E-state index in [0.717, 1.165) is 30.5 Å². The second-order valence-electron chi connectivity index (χ2n) is 4.74. The Morgan fingerprint density at radius 2 is 1.81 bits per heavy atom. The molecule has 1 aromatic carbocycles. The van der Waals surface area contributed by atoms with Crippen molar-refractivity contribution in [3.05, 3.63) is 29.8 Å². The number of rotatable bonds is 2. The summed E-state index contributed by atoms with van der Waals surface area (Å²) in [5.74, 6) is 1.47. The Kier molecular flexibility index (Phi) is 3.15. The summed E-state index contributed by atoms with van der Waals surface area (Å²) in [5, 5.41) is 0. The van der Waals surface area contributed by atoms with Gasteiger partial charge in [-0.25, -0.2) is 0 Å². The molecule has 2 nitrogen and oxygen atoms in total. The number of hydrogen-bond donors (Lipinski definition) is 1. The zero-order chi connectivity index (χ0) is 11.7. The Labute approximate surface area is 102 Å². The normalized spacial score (nSPS) is 24.8. The third kappa shape index (κ3) is 2.05. The third-order valence-corrected chi connectivity index (χ3v) is 3.72. The van der Waals surface area contributed by atoms with Crippen LogP contribution in [0.3, 0.4) is 0 Å². The molecule has 1 aliphatic heterocycles. The van der Waals surface area contributed by atoms with Gasteiger partial charge >= 0.3 is 0 Å². The van der Waals surface area contributed by atoms with Crippen molar-refractivity contribution in [1.29, 1.82) is 0 Å². The fraction of sp³-hybridized carbons (Fsp3) is 0.462. The van der Waals surface area contributed by atoms with Crippen LogP contribution in [0.5, 0.6) is 0 Å². The molecular weight excluding hydrogens is 216 g/mol. The molecule has 0 saturated carbocycles. The standard InChI is InChI=1S/C13H18N2S/c1-9-7-15(8-10(9)2)12-6-4-3-5-11(12)13(14)16/h3-6,9-10H,7-8H2,1-2H3,(H2,14,16). The predicted octanol–water partition coefficient (Wildman–Crippen LogP) is 2.41. The second kappa shape index (κ2) is 4.42. The molecule has 1 aromatic rings. The largest absolute Gasteiger partial charge is 0.389 e. The lowest BCUT2D eigenvalue weighted by Gasteiger charge is -2.21. The molecule has 0 bridgehead atoms. The molecule has 2 rings (SSSR count). The summed E-state index contributed by atoms with van der Waals surface area (Å²) in [6, 6.07) is 8.15. The number of para-hydroxylation sites is 1. The predicted molar refractivity (Wildman–Crippen MR) is 72.9 cm³/mol. The smallest absolute Gasteiger partial charge is 0.106 e. The van der Waals surface area contributed by atoms with Gasteiger partial charge in [0.2, 0.25) is 0 Å². The first-order valence-corrected chi connectivity index (χ1v) is 6.14. The van der Waals surface area contributed by atoms with Crippen molar-refractivity contribution in [2.75, 3.05) is 18.0 Å². The molecular formula is C13H18N2S. The van der Waals surface area contributed by atoms with Gasteiger partial charge in [0.25, 0.3) is 0 Å². The fourth-order valence-corrected chi connectivity index (χ4v) is 2.46. The van der Waals surface area contributed by atoms with Crippen molar-refractivity contribution >= 4 is 22.9 Å². The monoisotopic (exact) mass is 234 g/mol. The van der Waals surface area contributed by atoms with E-state index in [9.17, 15) is 0 Å². The molecule has 0 spiro atoms. The van der Waals surface area contributed by atoms with Crippen molar-refractivity contribution in [3.63, 3.8) is 0 Å². The van der Waals surface area contributed by atoms with Gasteiger partial charge in [-0.15, -0.1) is 0 Å². The van der Waals surface area contributed by atoms with Gasteiger partial charge < -0.3 is 10.6 Å². The third-order valence-electron chi connectivity index (χ3n) is 3.50. The zero-order valence-corrected chi connectivity index (χ0v) is 10.6. The van der Waals surface area contributed by atoms with Gasteiger partial charge in [-0.3, -0.25) is 0 Å². The van der Waals surface area contributed by atoms with Crippen LogP contribution in [0.15, 0.2) is 24.3 Å². The lowest BCUT2D eigenvalue weighted by molar-refractivity contribution is 0.494. The number of anilines is 1. The summed E-state index contributed by atoms with van der Waals surface area (Å²) < 4.78 is 0. The van der Waals surface area contributed by atoms with Gasteiger partial charge in [-0.05, 0) is 24.0 Å². The number of nitrogens with two attached hydrogens (primary N) is 1. The van der Waals surface area contributed by atoms with Crippen molar-refractivity contribution < 1.29 is 0 Å². The van der Waals surface area contributed by atoms with Crippen molar-refractivity contribution in [3.8, 4) is 0 Å². The van der Waals surface area contributed by atoms with E-state index in [0.29, 0.717) is 4.99 Å². The van der Waals surface area contributed by atoms with Crippen LogP contribution < -0.4 is 10.6 Å². The average molecular weight is 234 g/mol. The minimum absolute atomic E-state index is 0.489. The summed E-state index contributed by atoms with van der Waals surface area (Å²) in [6.07, 6.45) is 0. The highest BCUT2D eigenvalue weighted by molar-refractivity contribution is 7.80. The van der Waals surface area contributed by atoms with Gasteiger partial charge in [0.15, 0.2) is 0 Å². The highest BCUT2D eigenvalue weighted by atomic mass is 32.1. The fourth-order valence-electron chi connectivity index (χ4n) is 2.28. The van der Waals surface area contributed by atoms with Gasteiger partial charge in [0.1, 0.15) is 4.99 Å². The first kappa shape index (κ1) is 11.4. The van der Waals surface area contributed by atoms with E-state index in [1.807, 2.05) is 18.2 Å². The zero-order valence-electron chi connectivity index (χ0n) is 9.81. The molecule has 1 heterocycles. The average Bonchev–Trinajstić information content (AvgIpc) is 2.59. The molecule has 2 unspecified atom stereocenters. The molecule has 86 valence electrons. The Bertz CT molecular complexity index is 393. The van der Waals surface area contributed by atoms with Gasteiger partial charge in [0, 0.05) is 24.3 Å². The van der Waals surface area contributed by atoms with E-state index in [2.05, 4.69) is 24.8 Å². The molecule has 16 heavy (non-hydrogen) atoms. The molecule has 2 N–H and O–H groups in total. The summed E-state index contributed by atoms with van der Waals surface area (Å²) in [7, 11) is 0. The first-order valence-electron chi connectivity index (χ1n) is 5.73. The Balaban J connectivity index is 2.31.